The summed E-state index contributed by atoms with van der Waals surface area (Å²) in [6.07, 6.45) is -4.13. The van der Waals surface area contributed by atoms with Crippen molar-refractivity contribution in [2.45, 2.75) is 18.9 Å². The van der Waals surface area contributed by atoms with E-state index >= 15 is 0 Å². The second kappa shape index (κ2) is 8.96. The van der Waals surface area contributed by atoms with Gasteiger partial charge in [0.15, 0.2) is 6.23 Å². The van der Waals surface area contributed by atoms with Crippen LogP contribution >= 0.6 is 7.60 Å². The lowest BCUT2D eigenvalue weighted by molar-refractivity contribution is -0.109. The molecule has 2 amide bonds. The summed E-state index contributed by atoms with van der Waals surface area (Å²) in [7, 11) is -4.55. The summed E-state index contributed by atoms with van der Waals surface area (Å²) in [6.45, 7) is -0.158. The van der Waals surface area contributed by atoms with Crippen molar-refractivity contribution in [1.29, 1.82) is 0 Å². The van der Waals surface area contributed by atoms with Crippen LogP contribution in [-0.2, 0) is 20.6 Å². The summed E-state index contributed by atoms with van der Waals surface area (Å²) in [6, 6.07) is 15.2. The average Bonchev–Trinajstić information content (AvgIpc) is 2.95. The van der Waals surface area contributed by atoms with Crippen molar-refractivity contribution < 1.29 is 38.5 Å². The predicted molar refractivity (Wildman–Crippen MR) is 101 cm³/mol. The molecule has 0 bridgehead atoms. The molecule has 1 aliphatic heterocycles. The van der Waals surface area contributed by atoms with Crippen molar-refractivity contribution in [3.05, 3.63) is 71.3 Å². The molecular formula is C19H20NO8P. The van der Waals surface area contributed by atoms with Crippen molar-refractivity contribution in [2.24, 2.45) is 0 Å². The normalized spacial score (nSPS) is 16.0. The summed E-state index contributed by atoms with van der Waals surface area (Å²) >= 11 is 0. The van der Waals surface area contributed by atoms with Crippen LogP contribution in [0.15, 0.2) is 54.6 Å². The molecule has 0 aliphatic carbocycles. The molecule has 3 N–H and O–H groups in total. The fraction of sp³-hybridized carbons (Fsp3) is 0.263. The lowest BCUT2D eigenvalue weighted by atomic mass is 10.1. The maximum atomic E-state index is 12.5. The molecule has 1 aliphatic rings. The highest BCUT2D eigenvalue weighted by molar-refractivity contribution is 7.51. The van der Waals surface area contributed by atoms with Crippen molar-refractivity contribution in [2.75, 3.05) is 13.0 Å². The summed E-state index contributed by atoms with van der Waals surface area (Å²) in [5, 5.41) is 10.6. The summed E-state index contributed by atoms with van der Waals surface area (Å²) in [5.41, 5.74) is 1.10. The summed E-state index contributed by atoms with van der Waals surface area (Å²) in [5.74, 6) is -1.43. The first-order chi connectivity index (χ1) is 13.8. The van der Waals surface area contributed by atoms with E-state index in [1.165, 1.54) is 12.1 Å². The van der Waals surface area contributed by atoms with Gasteiger partial charge in [0, 0.05) is 0 Å². The van der Waals surface area contributed by atoms with Gasteiger partial charge in [-0.25, -0.2) is 4.90 Å². The van der Waals surface area contributed by atoms with Crippen molar-refractivity contribution in [3.63, 3.8) is 0 Å². The molecule has 154 valence electrons. The van der Waals surface area contributed by atoms with Gasteiger partial charge >= 0.3 is 7.60 Å². The van der Waals surface area contributed by atoms with Gasteiger partial charge in [0.1, 0.15) is 12.5 Å². The number of amides is 2. The molecule has 0 spiro atoms. The highest BCUT2D eigenvalue weighted by Crippen LogP contribution is 2.35. The van der Waals surface area contributed by atoms with E-state index in [1.807, 2.05) is 30.3 Å². The molecule has 1 heterocycles. The van der Waals surface area contributed by atoms with E-state index in [1.54, 1.807) is 12.1 Å². The molecule has 2 aromatic carbocycles. The van der Waals surface area contributed by atoms with Gasteiger partial charge in [-0.2, -0.15) is 0 Å². The first-order valence-corrected chi connectivity index (χ1v) is 10.5. The number of carbonyl (C=O) groups is 2. The van der Waals surface area contributed by atoms with E-state index in [9.17, 15) is 19.3 Å². The van der Waals surface area contributed by atoms with E-state index in [0.717, 1.165) is 5.56 Å². The van der Waals surface area contributed by atoms with Gasteiger partial charge in [-0.1, -0.05) is 42.5 Å². The Balaban J connectivity index is 1.73. The number of rotatable bonds is 9. The Labute approximate surface area is 166 Å². The minimum absolute atomic E-state index is 0.135. The number of hydrogen-bond acceptors (Lipinski definition) is 6. The molecule has 0 radical (unpaired) electrons. The van der Waals surface area contributed by atoms with E-state index in [0.29, 0.717) is 4.90 Å². The average molecular weight is 421 g/mol. The minimum atomic E-state index is -4.55. The molecule has 2 atom stereocenters. The Morgan fingerprint density at radius 2 is 1.48 bits per heavy atom. The Bertz CT molecular complexity index is 894. The Kier molecular flexibility index (Phi) is 6.59. The topological polar surface area (TPSA) is 134 Å². The molecule has 0 fully saturated rings. The lowest BCUT2D eigenvalue weighted by Crippen LogP contribution is -2.49. The van der Waals surface area contributed by atoms with Gasteiger partial charge in [0.2, 0.25) is 0 Å². The zero-order valence-corrected chi connectivity index (χ0v) is 16.1. The van der Waals surface area contributed by atoms with Crippen molar-refractivity contribution >= 4 is 19.4 Å². The monoisotopic (exact) mass is 421 g/mol. The molecule has 0 saturated heterocycles. The molecule has 0 aromatic heterocycles. The Hall–Kier alpha value is -2.39. The highest BCUT2D eigenvalue weighted by atomic mass is 31.2. The van der Waals surface area contributed by atoms with Gasteiger partial charge in [0.25, 0.3) is 11.8 Å². The zero-order valence-electron chi connectivity index (χ0n) is 15.2. The fourth-order valence-corrected chi connectivity index (χ4v) is 3.28. The maximum absolute atomic E-state index is 12.5. The van der Waals surface area contributed by atoms with Crippen molar-refractivity contribution in [3.8, 4) is 0 Å². The van der Waals surface area contributed by atoms with E-state index in [-0.39, 0.29) is 24.3 Å². The maximum Gasteiger partial charge on any atom is 0.350 e. The molecule has 2 aromatic rings. The predicted octanol–water partition coefficient (Wildman–Crippen LogP) is 1.34. The standard InChI is InChI=1S/C19H20NO8P/c21-17-14-8-4-5-9-15(14)18(22)20(17)19(23)16(28-12-29(24,25)26)11-27-10-13-6-2-1-3-7-13/h1-9,16,19,23H,10-12H2,(H2,24,25,26). The number of ether oxygens (including phenoxy) is 2. The lowest BCUT2D eigenvalue weighted by Gasteiger charge is -2.29. The smallest absolute Gasteiger partial charge is 0.350 e. The van der Waals surface area contributed by atoms with Crippen LogP contribution in [0.4, 0.5) is 0 Å². The number of nitrogens with zero attached hydrogens (tertiary/aromatic N) is 1. The second-order valence-electron chi connectivity index (χ2n) is 6.44. The molecule has 3 rings (SSSR count). The van der Waals surface area contributed by atoms with Crippen LogP contribution in [0.3, 0.4) is 0 Å². The summed E-state index contributed by atoms with van der Waals surface area (Å²) in [4.78, 5) is 43.9. The van der Waals surface area contributed by atoms with E-state index in [2.05, 4.69) is 0 Å². The highest BCUT2D eigenvalue weighted by Gasteiger charge is 2.42. The number of carbonyl (C=O) groups excluding carboxylic acids is 2. The quantitative estimate of drug-likeness (QED) is 0.408. The summed E-state index contributed by atoms with van der Waals surface area (Å²) < 4.78 is 21.8. The molecule has 9 nitrogen and oxygen atoms in total. The van der Waals surface area contributed by atoms with Crippen LogP contribution in [0.5, 0.6) is 0 Å². The molecule has 29 heavy (non-hydrogen) atoms. The number of benzene rings is 2. The van der Waals surface area contributed by atoms with Gasteiger partial charge < -0.3 is 24.4 Å². The van der Waals surface area contributed by atoms with Gasteiger partial charge in [0.05, 0.1) is 24.3 Å². The molecule has 0 saturated carbocycles. The first kappa shape index (κ1) is 21.3. The number of imide groups is 1. The molecule has 10 heteroatoms. The van der Waals surface area contributed by atoms with Crippen molar-refractivity contribution in [1.82, 2.24) is 4.90 Å². The van der Waals surface area contributed by atoms with E-state index in [4.69, 9.17) is 19.3 Å². The van der Waals surface area contributed by atoms with Crippen LogP contribution in [0.2, 0.25) is 0 Å². The minimum Gasteiger partial charge on any atom is -0.374 e. The van der Waals surface area contributed by atoms with Crippen LogP contribution in [-0.4, -0.2) is 56.9 Å². The SMILES string of the molecule is O=C1c2ccccc2C(=O)N1C(O)C(COCc1ccccc1)OCP(=O)(O)O. The molecular weight excluding hydrogens is 401 g/mol. The number of hydrogen-bond donors (Lipinski definition) is 3. The number of aliphatic hydroxyl groups excluding tert-OH is 1. The van der Waals surface area contributed by atoms with Crippen LogP contribution in [0.25, 0.3) is 0 Å². The third-order valence-corrected chi connectivity index (χ3v) is 4.76. The Morgan fingerprint density at radius 1 is 0.931 bits per heavy atom. The van der Waals surface area contributed by atoms with Gasteiger partial charge in [-0.05, 0) is 17.7 Å². The fourth-order valence-electron chi connectivity index (χ4n) is 2.89. The number of fused-ring (bicyclic) bond motifs is 1. The van der Waals surface area contributed by atoms with Crippen LogP contribution in [0, 0.1) is 0 Å². The van der Waals surface area contributed by atoms with Crippen LogP contribution < -0.4 is 0 Å². The first-order valence-electron chi connectivity index (χ1n) is 8.71. The third-order valence-electron chi connectivity index (χ3n) is 4.27. The van der Waals surface area contributed by atoms with E-state index < -0.39 is 38.1 Å². The largest absolute Gasteiger partial charge is 0.374 e. The zero-order chi connectivity index (χ0) is 21.0. The van der Waals surface area contributed by atoms with Crippen LogP contribution in [0.1, 0.15) is 26.3 Å². The van der Waals surface area contributed by atoms with Gasteiger partial charge in [-0.3, -0.25) is 14.2 Å². The Morgan fingerprint density at radius 3 is 2.03 bits per heavy atom. The van der Waals surface area contributed by atoms with Gasteiger partial charge in [-0.15, -0.1) is 0 Å². The molecule has 2 unspecified atom stereocenters. The number of aliphatic hydroxyl groups is 1. The third kappa shape index (κ3) is 5.16. The second-order valence-corrected chi connectivity index (χ2v) is 8.03.